The topological polar surface area (TPSA) is 15.3 Å². The molecule has 19 heavy (non-hydrogen) atoms. The molecule has 0 saturated heterocycles. The second-order valence-electron chi connectivity index (χ2n) is 5.58. The van der Waals surface area contributed by atoms with E-state index in [1.807, 2.05) is 0 Å². The third-order valence-corrected chi connectivity index (χ3v) is 3.78. The molecule has 0 spiro atoms. The van der Waals surface area contributed by atoms with E-state index in [4.69, 9.17) is 0 Å². The second-order valence-corrected chi connectivity index (χ2v) is 5.58. The van der Waals surface area contributed by atoms with Gasteiger partial charge in [-0.2, -0.15) is 0 Å². The second kappa shape index (κ2) is 9.11. The molecule has 1 aromatic rings. The molecule has 2 nitrogen and oxygen atoms in total. The van der Waals surface area contributed by atoms with Gasteiger partial charge in [0.15, 0.2) is 0 Å². The number of likely N-dealkylation sites (N-methyl/N-ethyl adjacent to an activating group) is 1. The SMILES string of the molecule is CCCNCC(c1ccccc1)N(C)CC(C)CC. The van der Waals surface area contributed by atoms with Gasteiger partial charge in [-0.05, 0) is 31.5 Å². The van der Waals surface area contributed by atoms with Gasteiger partial charge in [0.25, 0.3) is 0 Å². The van der Waals surface area contributed by atoms with Crippen LogP contribution < -0.4 is 5.32 Å². The first-order valence-electron chi connectivity index (χ1n) is 7.64. The third-order valence-electron chi connectivity index (χ3n) is 3.78. The molecule has 0 bridgehead atoms. The van der Waals surface area contributed by atoms with Crippen LogP contribution >= 0.6 is 0 Å². The smallest absolute Gasteiger partial charge is 0.0469 e. The molecular formula is C17H30N2. The molecule has 0 fully saturated rings. The summed E-state index contributed by atoms with van der Waals surface area (Å²) in [6, 6.07) is 11.3. The lowest BCUT2D eigenvalue weighted by molar-refractivity contribution is 0.206. The number of rotatable bonds is 9. The minimum Gasteiger partial charge on any atom is -0.315 e. The summed E-state index contributed by atoms with van der Waals surface area (Å²) in [5.74, 6) is 0.752. The molecule has 2 heteroatoms. The van der Waals surface area contributed by atoms with Crippen LogP contribution in [-0.2, 0) is 0 Å². The molecule has 0 amide bonds. The molecule has 1 rings (SSSR count). The monoisotopic (exact) mass is 262 g/mol. The van der Waals surface area contributed by atoms with Crippen molar-refractivity contribution in [3.63, 3.8) is 0 Å². The van der Waals surface area contributed by atoms with Crippen molar-refractivity contribution in [1.82, 2.24) is 10.2 Å². The van der Waals surface area contributed by atoms with Crippen molar-refractivity contribution < 1.29 is 0 Å². The van der Waals surface area contributed by atoms with Crippen LogP contribution in [0.2, 0.25) is 0 Å². The highest BCUT2D eigenvalue weighted by Gasteiger charge is 2.17. The zero-order valence-corrected chi connectivity index (χ0v) is 13.0. The highest BCUT2D eigenvalue weighted by molar-refractivity contribution is 5.19. The van der Waals surface area contributed by atoms with Crippen LogP contribution in [0.3, 0.4) is 0 Å². The number of hydrogen-bond donors (Lipinski definition) is 1. The van der Waals surface area contributed by atoms with Crippen molar-refractivity contribution in [2.75, 3.05) is 26.7 Å². The first-order chi connectivity index (χ1) is 9.19. The Morgan fingerprint density at radius 3 is 2.42 bits per heavy atom. The fourth-order valence-electron chi connectivity index (χ4n) is 2.37. The van der Waals surface area contributed by atoms with E-state index in [0.717, 1.165) is 25.6 Å². The first-order valence-corrected chi connectivity index (χ1v) is 7.64. The average molecular weight is 262 g/mol. The minimum absolute atomic E-state index is 0.474. The summed E-state index contributed by atoms with van der Waals surface area (Å²) in [5.41, 5.74) is 1.41. The van der Waals surface area contributed by atoms with Gasteiger partial charge in [0.2, 0.25) is 0 Å². The Hall–Kier alpha value is -0.860. The van der Waals surface area contributed by atoms with E-state index in [9.17, 15) is 0 Å². The quantitative estimate of drug-likeness (QED) is 0.683. The molecule has 0 radical (unpaired) electrons. The summed E-state index contributed by atoms with van der Waals surface area (Å²) in [4.78, 5) is 2.49. The van der Waals surface area contributed by atoms with E-state index in [1.54, 1.807) is 0 Å². The summed E-state index contributed by atoms with van der Waals surface area (Å²) < 4.78 is 0. The predicted molar refractivity (Wildman–Crippen MR) is 84.4 cm³/mol. The van der Waals surface area contributed by atoms with Crippen molar-refractivity contribution in [2.24, 2.45) is 5.92 Å². The van der Waals surface area contributed by atoms with Crippen LogP contribution in [0.15, 0.2) is 30.3 Å². The van der Waals surface area contributed by atoms with E-state index in [2.05, 4.69) is 68.4 Å². The molecule has 0 aromatic heterocycles. The standard InChI is InChI=1S/C17H30N2/c1-5-12-18-13-17(16-10-8-7-9-11-16)19(4)14-15(3)6-2/h7-11,15,17-18H,5-6,12-14H2,1-4H3. The Labute approximate surface area is 119 Å². The van der Waals surface area contributed by atoms with Gasteiger partial charge in [-0.3, -0.25) is 4.90 Å². The molecule has 0 heterocycles. The maximum atomic E-state index is 3.56. The maximum absolute atomic E-state index is 3.56. The number of nitrogens with one attached hydrogen (secondary N) is 1. The van der Waals surface area contributed by atoms with Gasteiger partial charge in [-0.1, -0.05) is 57.5 Å². The molecular weight excluding hydrogens is 232 g/mol. The number of hydrogen-bond acceptors (Lipinski definition) is 2. The highest BCUT2D eigenvalue weighted by Crippen LogP contribution is 2.20. The van der Waals surface area contributed by atoms with Gasteiger partial charge in [-0.15, -0.1) is 0 Å². The number of nitrogens with zero attached hydrogens (tertiary/aromatic N) is 1. The van der Waals surface area contributed by atoms with Crippen LogP contribution in [0.25, 0.3) is 0 Å². The van der Waals surface area contributed by atoms with Crippen LogP contribution in [0.1, 0.15) is 45.2 Å². The summed E-state index contributed by atoms with van der Waals surface area (Å²) in [6.07, 6.45) is 2.44. The third kappa shape index (κ3) is 5.75. The molecule has 2 atom stereocenters. The zero-order chi connectivity index (χ0) is 14.1. The van der Waals surface area contributed by atoms with E-state index in [1.165, 1.54) is 18.4 Å². The van der Waals surface area contributed by atoms with E-state index in [0.29, 0.717) is 6.04 Å². The van der Waals surface area contributed by atoms with Gasteiger partial charge in [0.1, 0.15) is 0 Å². The lowest BCUT2D eigenvalue weighted by atomic mass is 10.0. The van der Waals surface area contributed by atoms with E-state index < -0.39 is 0 Å². The van der Waals surface area contributed by atoms with Crippen LogP contribution in [0.4, 0.5) is 0 Å². The first kappa shape index (κ1) is 16.2. The summed E-state index contributed by atoms with van der Waals surface area (Å²) in [6.45, 7) is 10.1. The molecule has 1 aromatic carbocycles. The lowest BCUT2D eigenvalue weighted by Crippen LogP contribution is -2.36. The lowest BCUT2D eigenvalue weighted by Gasteiger charge is -2.31. The zero-order valence-electron chi connectivity index (χ0n) is 13.0. The maximum Gasteiger partial charge on any atom is 0.0469 e. The predicted octanol–water partition coefficient (Wildman–Crippen LogP) is 3.71. The van der Waals surface area contributed by atoms with Crippen molar-refractivity contribution in [1.29, 1.82) is 0 Å². The Morgan fingerprint density at radius 2 is 1.84 bits per heavy atom. The van der Waals surface area contributed by atoms with E-state index in [-0.39, 0.29) is 0 Å². The Balaban J connectivity index is 2.68. The normalized spacial score (nSPS) is 14.6. The largest absolute Gasteiger partial charge is 0.315 e. The summed E-state index contributed by atoms with van der Waals surface area (Å²) in [7, 11) is 2.25. The molecule has 0 saturated carbocycles. The van der Waals surface area contributed by atoms with Gasteiger partial charge in [0.05, 0.1) is 0 Å². The van der Waals surface area contributed by atoms with Gasteiger partial charge in [-0.25, -0.2) is 0 Å². The fraction of sp³-hybridized carbons (Fsp3) is 0.647. The van der Waals surface area contributed by atoms with Crippen molar-refractivity contribution in [3.05, 3.63) is 35.9 Å². The van der Waals surface area contributed by atoms with Crippen molar-refractivity contribution >= 4 is 0 Å². The van der Waals surface area contributed by atoms with Crippen molar-refractivity contribution in [2.45, 2.75) is 39.7 Å². The van der Waals surface area contributed by atoms with Gasteiger partial charge in [0, 0.05) is 19.1 Å². The molecule has 0 aliphatic rings. The average Bonchev–Trinajstić information content (AvgIpc) is 2.44. The molecule has 2 unspecified atom stereocenters. The highest BCUT2D eigenvalue weighted by atomic mass is 15.1. The van der Waals surface area contributed by atoms with Crippen molar-refractivity contribution in [3.8, 4) is 0 Å². The van der Waals surface area contributed by atoms with Crippen LogP contribution in [0.5, 0.6) is 0 Å². The fourth-order valence-corrected chi connectivity index (χ4v) is 2.37. The molecule has 0 aliphatic heterocycles. The minimum atomic E-state index is 0.474. The van der Waals surface area contributed by atoms with Crippen LogP contribution in [0, 0.1) is 5.92 Å². The molecule has 108 valence electrons. The summed E-state index contributed by atoms with van der Waals surface area (Å²) >= 11 is 0. The Morgan fingerprint density at radius 1 is 1.16 bits per heavy atom. The van der Waals surface area contributed by atoms with E-state index >= 15 is 0 Å². The van der Waals surface area contributed by atoms with Gasteiger partial charge >= 0.3 is 0 Å². The van der Waals surface area contributed by atoms with Gasteiger partial charge < -0.3 is 5.32 Å². The molecule has 0 aliphatic carbocycles. The summed E-state index contributed by atoms with van der Waals surface area (Å²) in [5, 5.41) is 3.56. The molecule has 1 N–H and O–H groups in total. The Bertz CT molecular complexity index is 323. The van der Waals surface area contributed by atoms with Crippen LogP contribution in [-0.4, -0.2) is 31.6 Å². The Kier molecular flexibility index (Phi) is 7.76. The number of benzene rings is 1.